The summed E-state index contributed by atoms with van der Waals surface area (Å²) in [4.78, 5) is 11.8. The van der Waals surface area contributed by atoms with Crippen LogP contribution in [0, 0.1) is 6.92 Å². The van der Waals surface area contributed by atoms with E-state index in [0.29, 0.717) is 18.9 Å². The number of amides is 1. The van der Waals surface area contributed by atoms with Crippen LogP contribution >= 0.6 is 0 Å². The first-order chi connectivity index (χ1) is 8.16. The minimum absolute atomic E-state index is 0.0423. The van der Waals surface area contributed by atoms with Crippen molar-refractivity contribution < 1.29 is 19.4 Å². The van der Waals surface area contributed by atoms with Gasteiger partial charge in [-0.3, -0.25) is 4.79 Å². The Balaban J connectivity index is 2.04. The van der Waals surface area contributed by atoms with E-state index in [1.807, 2.05) is 6.92 Å². The van der Waals surface area contributed by atoms with E-state index in [0.717, 1.165) is 5.56 Å². The van der Waals surface area contributed by atoms with Gasteiger partial charge in [-0.2, -0.15) is 0 Å². The van der Waals surface area contributed by atoms with Crippen molar-refractivity contribution in [1.29, 1.82) is 0 Å². The van der Waals surface area contributed by atoms with E-state index in [-0.39, 0.29) is 18.3 Å². The third-order valence-corrected chi connectivity index (χ3v) is 2.52. The molecule has 1 aromatic carbocycles. The average Bonchev–Trinajstić information content (AvgIpc) is 2.35. The lowest BCUT2D eigenvalue weighted by molar-refractivity contribution is -0.142. The number of aryl methyl sites for hydroxylation is 1. The average molecular weight is 237 g/mol. The number of hydrogen-bond donors (Lipinski definition) is 2. The zero-order chi connectivity index (χ0) is 12.3. The second-order valence-corrected chi connectivity index (χ2v) is 3.94. The molecule has 92 valence electrons. The summed E-state index contributed by atoms with van der Waals surface area (Å²) in [5.41, 5.74) is 1.35. The second kappa shape index (κ2) is 5.16. The number of aromatic hydroxyl groups is 1. The number of ether oxygens (including phenoxy) is 2. The predicted molar refractivity (Wildman–Crippen MR) is 62.0 cm³/mol. The van der Waals surface area contributed by atoms with E-state index in [1.54, 1.807) is 18.2 Å². The highest BCUT2D eigenvalue weighted by Crippen LogP contribution is 2.24. The molecule has 0 spiro atoms. The van der Waals surface area contributed by atoms with Crippen LogP contribution in [0.3, 0.4) is 0 Å². The number of rotatable bonds is 2. The normalized spacial score (nSPS) is 19.9. The van der Waals surface area contributed by atoms with Gasteiger partial charge in [0, 0.05) is 0 Å². The Morgan fingerprint density at radius 3 is 3.00 bits per heavy atom. The van der Waals surface area contributed by atoms with E-state index in [4.69, 9.17) is 9.47 Å². The second-order valence-electron chi connectivity index (χ2n) is 3.94. The van der Waals surface area contributed by atoms with Gasteiger partial charge in [0.2, 0.25) is 0 Å². The van der Waals surface area contributed by atoms with Gasteiger partial charge in [-0.1, -0.05) is 6.07 Å². The van der Waals surface area contributed by atoms with Crippen LogP contribution in [0.2, 0.25) is 0 Å². The highest BCUT2D eigenvalue weighted by Gasteiger charge is 2.23. The van der Waals surface area contributed by atoms with Crippen LogP contribution in [0.15, 0.2) is 18.2 Å². The summed E-state index contributed by atoms with van der Waals surface area (Å²) in [5.74, 6) is -0.258. The predicted octanol–water partition coefficient (Wildman–Crippen LogP) is 1.05. The highest BCUT2D eigenvalue weighted by molar-refractivity contribution is 5.95. The molecule has 2 rings (SSSR count). The van der Waals surface area contributed by atoms with Crippen LogP contribution < -0.4 is 5.32 Å². The molecule has 0 aliphatic carbocycles. The van der Waals surface area contributed by atoms with Crippen molar-refractivity contribution in [1.82, 2.24) is 0 Å². The number of phenols is 1. The molecule has 1 atom stereocenters. The summed E-state index contributed by atoms with van der Waals surface area (Å²) in [6, 6.07) is 5.02. The number of anilines is 1. The molecule has 0 saturated carbocycles. The number of nitrogens with one attached hydrogen (secondary N) is 1. The van der Waals surface area contributed by atoms with Gasteiger partial charge in [0.1, 0.15) is 5.75 Å². The Morgan fingerprint density at radius 1 is 1.47 bits per heavy atom. The molecule has 1 aliphatic rings. The molecule has 17 heavy (non-hydrogen) atoms. The zero-order valence-corrected chi connectivity index (χ0v) is 9.60. The van der Waals surface area contributed by atoms with Gasteiger partial charge in [-0.15, -0.1) is 0 Å². The van der Waals surface area contributed by atoms with Crippen LogP contribution in [-0.4, -0.2) is 36.9 Å². The smallest absolute Gasteiger partial charge is 0.256 e. The minimum atomic E-state index is -0.608. The van der Waals surface area contributed by atoms with E-state index in [9.17, 15) is 9.90 Å². The van der Waals surface area contributed by atoms with Gasteiger partial charge in [0.15, 0.2) is 6.10 Å². The first kappa shape index (κ1) is 11.9. The summed E-state index contributed by atoms with van der Waals surface area (Å²) in [6.07, 6.45) is -0.608. The van der Waals surface area contributed by atoms with Gasteiger partial charge < -0.3 is 19.9 Å². The van der Waals surface area contributed by atoms with E-state index < -0.39 is 6.10 Å². The van der Waals surface area contributed by atoms with Gasteiger partial charge >= 0.3 is 0 Å². The third kappa shape index (κ3) is 2.95. The number of hydrogen-bond acceptors (Lipinski definition) is 4. The molecule has 5 nitrogen and oxygen atoms in total. The molecular weight excluding hydrogens is 222 g/mol. The molecule has 0 radical (unpaired) electrons. The number of carbonyl (C=O) groups excluding carboxylic acids is 1. The van der Waals surface area contributed by atoms with Crippen molar-refractivity contribution in [3.05, 3.63) is 23.8 Å². The summed E-state index contributed by atoms with van der Waals surface area (Å²) < 4.78 is 10.4. The lowest BCUT2D eigenvalue weighted by Gasteiger charge is -2.22. The van der Waals surface area contributed by atoms with E-state index in [1.165, 1.54) is 0 Å². The SMILES string of the molecule is Cc1ccc(O)c(NC(=O)[C@H]2COCCO2)c1. The van der Waals surface area contributed by atoms with Crippen molar-refractivity contribution in [2.24, 2.45) is 0 Å². The number of phenolic OH excluding ortho intramolecular Hbond substituents is 1. The van der Waals surface area contributed by atoms with Crippen LogP contribution in [0.4, 0.5) is 5.69 Å². The third-order valence-electron chi connectivity index (χ3n) is 2.52. The fraction of sp³-hybridized carbons (Fsp3) is 0.417. The molecule has 1 saturated heterocycles. The van der Waals surface area contributed by atoms with Crippen molar-refractivity contribution >= 4 is 11.6 Å². The maximum atomic E-state index is 11.8. The Morgan fingerprint density at radius 2 is 2.29 bits per heavy atom. The molecule has 1 aliphatic heterocycles. The molecule has 0 unspecified atom stereocenters. The van der Waals surface area contributed by atoms with Crippen LogP contribution in [0.25, 0.3) is 0 Å². The number of carbonyl (C=O) groups is 1. The van der Waals surface area contributed by atoms with Crippen LogP contribution in [0.5, 0.6) is 5.75 Å². The summed E-state index contributed by atoms with van der Waals surface area (Å²) in [5, 5.41) is 12.2. The lowest BCUT2D eigenvalue weighted by atomic mass is 10.2. The Labute approximate surface area is 99.3 Å². The first-order valence-electron chi connectivity index (χ1n) is 5.46. The maximum absolute atomic E-state index is 11.8. The molecule has 1 fully saturated rings. The molecule has 1 amide bonds. The fourth-order valence-electron chi connectivity index (χ4n) is 1.60. The monoisotopic (exact) mass is 237 g/mol. The summed E-state index contributed by atoms with van der Waals surface area (Å²) >= 11 is 0. The molecule has 0 bridgehead atoms. The largest absolute Gasteiger partial charge is 0.506 e. The van der Waals surface area contributed by atoms with Crippen molar-refractivity contribution in [2.75, 3.05) is 25.1 Å². The van der Waals surface area contributed by atoms with Gasteiger partial charge in [0.25, 0.3) is 5.91 Å². The standard InChI is InChI=1S/C12H15NO4/c1-8-2-3-10(14)9(6-8)13-12(15)11-7-16-4-5-17-11/h2-3,6,11,14H,4-5,7H2,1H3,(H,13,15)/t11-/m1/s1. The van der Waals surface area contributed by atoms with Gasteiger partial charge in [-0.05, 0) is 24.6 Å². The van der Waals surface area contributed by atoms with Crippen LogP contribution in [-0.2, 0) is 14.3 Å². The molecule has 2 N–H and O–H groups in total. The maximum Gasteiger partial charge on any atom is 0.256 e. The number of benzene rings is 1. The summed E-state index contributed by atoms with van der Waals surface area (Å²) in [6.45, 7) is 3.06. The molecular formula is C12H15NO4. The minimum Gasteiger partial charge on any atom is -0.506 e. The van der Waals surface area contributed by atoms with Crippen molar-refractivity contribution in [2.45, 2.75) is 13.0 Å². The van der Waals surface area contributed by atoms with Crippen molar-refractivity contribution in [3.63, 3.8) is 0 Å². The molecule has 1 heterocycles. The highest BCUT2D eigenvalue weighted by atomic mass is 16.6. The molecule has 1 aromatic rings. The van der Waals surface area contributed by atoms with E-state index >= 15 is 0 Å². The first-order valence-corrected chi connectivity index (χ1v) is 5.46. The molecule has 0 aromatic heterocycles. The Kier molecular flexibility index (Phi) is 3.61. The van der Waals surface area contributed by atoms with Gasteiger partial charge in [-0.25, -0.2) is 0 Å². The van der Waals surface area contributed by atoms with Crippen LogP contribution in [0.1, 0.15) is 5.56 Å². The zero-order valence-electron chi connectivity index (χ0n) is 9.60. The topological polar surface area (TPSA) is 67.8 Å². The Hall–Kier alpha value is -1.59. The van der Waals surface area contributed by atoms with Crippen molar-refractivity contribution in [3.8, 4) is 5.75 Å². The quantitative estimate of drug-likeness (QED) is 0.754. The van der Waals surface area contributed by atoms with Gasteiger partial charge in [0.05, 0.1) is 25.5 Å². The summed E-state index contributed by atoms with van der Waals surface area (Å²) in [7, 11) is 0. The lowest BCUT2D eigenvalue weighted by Crippen LogP contribution is -2.39. The fourth-order valence-corrected chi connectivity index (χ4v) is 1.60. The Bertz CT molecular complexity index is 413. The molecule has 5 heteroatoms. The van der Waals surface area contributed by atoms with E-state index in [2.05, 4.69) is 5.32 Å².